The SMILES string of the molecule is CC[C@H](C)[C@H](N)C(N[C@H](C(=O)OC)[C@H](CSC)C(=O)C1NCCc2ccccc21)C(=O)[C@@H]1CCC(=O)N1. The van der Waals surface area contributed by atoms with E-state index in [1.54, 1.807) is 0 Å². The van der Waals surface area contributed by atoms with Crippen LogP contribution in [0.15, 0.2) is 24.3 Å². The number of carbonyl (C=O) groups excluding carboxylic acids is 4. The number of thioether (sulfide) groups is 1. The lowest BCUT2D eigenvalue weighted by Gasteiger charge is -2.36. The van der Waals surface area contributed by atoms with Crippen molar-refractivity contribution in [1.29, 1.82) is 0 Å². The third-order valence-corrected chi connectivity index (χ3v) is 8.35. The molecule has 37 heavy (non-hydrogen) atoms. The highest BCUT2D eigenvalue weighted by Gasteiger charge is 2.44. The Morgan fingerprint density at radius 1 is 1.19 bits per heavy atom. The van der Waals surface area contributed by atoms with Crippen molar-refractivity contribution in [2.75, 3.05) is 25.7 Å². The van der Waals surface area contributed by atoms with Gasteiger partial charge in [0.15, 0.2) is 11.6 Å². The summed E-state index contributed by atoms with van der Waals surface area (Å²) in [6.07, 6.45) is 4.06. The van der Waals surface area contributed by atoms with Crippen molar-refractivity contribution in [1.82, 2.24) is 16.0 Å². The van der Waals surface area contributed by atoms with Gasteiger partial charge in [0.2, 0.25) is 5.91 Å². The molecule has 2 heterocycles. The molecular weight excluding hydrogens is 492 g/mol. The molecule has 0 aliphatic carbocycles. The van der Waals surface area contributed by atoms with Gasteiger partial charge in [-0.05, 0) is 36.1 Å². The lowest BCUT2D eigenvalue weighted by molar-refractivity contribution is -0.147. The molecule has 7 atom stereocenters. The Morgan fingerprint density at radius 3 is 2.54 bits per heavy atom. The Morgan fingerprint density at radius 2 is 1.92 bits per heavy atom. The van der Waals surface area contributed by atoms with Crippen molar-refractivity contribution in [3.63, 3.8) is 0 Å². The zero-order valence-corrected chi connectivity index (χ0v) is 22.9. The zero-order chi connectivity index (χ0) is 27.1. The van der Waals surface area contributed by atoms with Crippen LogP contribution in [-0.4, -0.2) is 73.3 Å². The topological polar surface area (TPSA) is 140 Å². The van der Waals surface area contributed by atoms with Crippen molar-refractivity contribution >= 4 is 35.2 Å². The first kappa shape index (κ1) is 29.3. The average molecular weight is 533 g/mol. The molecule has 1 aromatic carbocycles. The summed E-state index contributed by atoms with van der Waals surface area (Å²) >= 11 is 1.45. The zero-order valence-electron chi connectivity index (χ0n) is 22.1. The molecule has 0 spiro atoms. The molecule has 2 aliphatic heterocycles. The summed E-state index contributed by atoms with van der Waals surface area (Å²) in [6.45, 7) is 4.57. The minimum Gasteiger partial charge on any atom is -0.468 e. The van der Waals surface area contributed by atoms with Crippen LogP contribution in [0.1, 0.15) is 50.3 Å². The monoisotopic (exact) mass is 532 g/mol. The number of Topliss-reactive ketones (excluding diaryl/α,β-unsaturated/α-hetero) is 2. The van der Waals surface area contributed by atoms with Crippen LogP contribution < -0.4 is 21.7 Å². The maximum absolute atomic E-state index is 14.0. The third-order valence-electron chi connectivity index (χ3n) is 7.65. The van der Waals surface area contributed by atoms with E-state index in [0.717, 1.165) is 24.0 Å². The van der Waals surface area contributed by atoms with Crippen molar-refractivity contribution in [2.24, 2.45) is 17.6 Å². The van der Waals surface area contributed by atoms with Gasteiger partial charge in [-0.25, -0.2) is 0 Å². The normalized spacial score (nSPS) is 23.2. The van der Waals surface area contributed by atoms with Gasteiger partial charge in [-0.1, -0.05) is 44.5 Å². The van der Waals surface area contributed by atoms with Gasteiger partial charge in [0.05, 0.1) is 31.2 Å². The standard InChI is InChI=1S/C27H40N4O5S/c1-5-15(2)21(28)24(26(34)19-10-11-20(32)30-19)31-23(27(35)36-3)18(14-37-4)25(33)22-17-9-7-6-8-16(17)12-13-29-22/h6-9,15,18-19,21-24,29,31H,5,10-14,28H2,1-4H3,(H,30,32)/t15-,18-,19-,21-,22?,23-,24?/m0/s1. The number of nitrogens with two attached hydrogens (primary N) is 1. The molecule has 1 aromatic rings. The number of fused-ring (bicyclic) bond motifs is 1. The number of ether oxygens (including phenoxy) is 1. The maximum atomic E-state index is 14.0. The highest BCUT2D eigenvalue weighted by molar-refractivity contribution is 7.98. The highest BCUT2D eigenvalue weighted by atomic mass is 32.2. The first-order valence-corrected chi connectivity index (χ1v) is 14.4. The summed E-state index contributed by atoms with van der Waals surface area (Å²) in [4.78, 5) is 52.6. The van der Waals surface area contributed by atoms with E-state index in [4.69, 9.17) is 10.5 Å². The Kier molecular flexibility index (Phi) is 10.7. The van der Waals surface area contributed by atoms with Gasteiger partial charge in [-0.2, -0.15) is 11.8 Å². The number of rotatable bonds is 13. The lowest BCUT2D eigenvalue weighted by atomic mass is 9.83. The number of esters is 1. The van der Waals surface area contributed by atoms with Crippen LogP contribution >= 0.6 is 11.8 Å². The Labute approximate surface area is 223 Å². The van der Waals surface area contributed by atoms with Crippen LogP contribution in [0.25, 0.3) is 0 Å². The van der Waals surface area contributed by atoms with E-state index < -0.39 is 42.1 Å². The van der Waals surface area contributed by atoms with Crippen LogP contribution in [0.3, 0.4) is 0 Å². The number of hydrogen-bond acceptors (Lipinski definition) is 9. The Hall–Kier alpha value is -2.27. The maximum Gasteiger partial charge on any atom is 0.323 e. The number of carbonyl (C=O) groups is 4. The predicted octanol–water partition coefficient (Wildman–Crippen LogP) is 1.14. The molecule has 0 saturated carbocycles. The molecule has 10 heteroatoms. The molecule has 3 rings (SSSR count). The smallest absolute Gasteiger partial charge is 0.323 e. The van der Waals surface area contributed by atoms with Crippen LogP contribution in [0.4, 0.5) is 0 Å². The van der Waals surface area contributed by atoms with Crippen LogP contribution in [0.5, 0.6) is 0 Å². The molecule has 1 amide bonds. The fourth-order valence-electron chi connectivity index (χ4n) is 5.19. The van der Waals surface area contributed by atoms with Crippen molar-refractivity contribution in [2.45, 2.75) is 69.7 Å². The largest absolute Gasteiger partial charge is 0.468 e. The van der Waals surface area contributed by atoms with Gasteiger partial charge in [0.1, 0.15) is 6.04 Å². The van der Waals surface area contributed by atoms with E-state index in [9.17, 15) is 19.2 Å². The summed E-state index contributed by atoms with van der Waals surface area (Å²) < 4.78 is 5.13. The fourth-order valence-corrected chi connectivity index (χ4v) is 5.91. The second-order valence-electron chi connectivity index (χ2n) is 9.97. The number of nitrogens with one attached hydrogen (secondary N) is 3. The minimum absolute atomic E-state index is 0.0431. The summed E-state index contributed by atoms with van der Waals surface area (Å²) in [6, 6.07) is 3.93. The van der Waals surface area contributed by atoms with Crippen LogP contribution in [0, 0.1) is 11.8 Å². The summed E-state index contributed by atoms with van der Waals surface area (Å²) in [7, 11) is 1.27. The average Bonchev–Trinajstić information content (AvgIpc) is 3.36. The first-order valence-electron chi connectivity index (χ1n) is 13.0. The van der Waals surface area contributed by atoms with Gasteiger partial charge in [-0.3, -0.25) is 24.5 Å². The molecule has 0 radical (unpaired) electrons. The van der Waals surface area contributed by atoms with E-state index in [1.807, 2.05) is 44.4 Å². The number of benzene rings is 1. The van der Waals surface area contributed by atoms with Gasteiger partial charge in [-0.15, -0.1) is 0 Å². The number of methoxy groups -OCH3 is 1. The minimum atomic E-state index is -1.08. The molecule has 1 saturated heterocycles. The Balaban J connectivity index is 1.96. The first-order chi connectivity index (χ1) is 17.7. The van der Waals surface area contributed by atoms with Crippen molar-refractivity contribution < 1.29 is 23.9 Å². The molecule has 1 fully saturated rings. The molecule has 2 aliphatic rings. The van der Waals surface area contributed by atoms with Gasteiger partial charge < -0.3 is 21.1 Å². The summed E-state index contributed by atoms with van der Waals surface area (Å²) in [5, 5.41) is 9.22. The number of ketones is 2. The van der Waals surface area contributed by atoms with Gasteiger partial charge in [0, 0.05) is 24.8 Å². The van der Waals surface area contributed by atoms with Crippen LogP contribution in [0.2, 0.25) is 0 Å². The third kappa shape index (κ3) is 6.79. The number of amides is 1. The molecule has 5 N–H and O–H groups in total. The molecule has 9 nitrogen and oxygen atoms in total. The van der Waals surface area contributed by atoms with Crippen LogP contribution in [-0.2, 0) is 30.3 Å². The van der Waals surface area contributed by atoms with E-state index in [-0.39, 0.29) is 29.8 Å². The fraction of sp³-hybridized carbons (Fsp3) is 0.630. The molecular formula is C27H40N4O5S. The number of hydrogen-bond donors (Lipinski definition) is 4. The second-order valence-corrected chi connectivity index (χ2v) is 10.9. The predicted molar refractivity (Wildman–Crippen MR) is 144 cm³/mol. The molecule has 0 aromatic heterocycles. The van der Waals surface area contributed by atoms with Gasteiger partial charge >= 0.3 is 5.97 Å². The Bertz CT molecular complexity index is 989. The molecule has 204 valence electrons. The van der Waals surface area contributed by atoms with E-state index in [0.29, 0.717) is 18.7 Å². The second kappa shape index (κ2) is 13.5. The highest BCUT2D eigenvalue weighted by Crippen LogP contribution is 2.29. The molecule has 2 unspecified atom stereocenters. The molecule has 0 bridgehead atoms. The van der Waals surface area contributed by atoms with E-state index in [2.05, 4.69) is 16.0 Å². The quantitative estimate of drug-likeness (QED) is 0.275. The lowest BCUT2D eigenvalue weighted by Crippen LogP contribution is -2.63. The van der Waals surface area contributed by atoms with E-state index >= 15 is 0 Å². The summed E-state index contributed by atoms with van der Waals surface area (Å²) in [5.74, 6) is -1.68. The van der Waals surface area contributed by atoms with Gasteiger partial charge in [0.25, 0.3) is 0 Å². The van der Waals surface area contributed by atoms with Crippen molar-refractivity contribution in [3.8, 4) is 0 Å². The van der Waals surface area contributed by atoms with Crippen molar-refractivity contribution in [3.05, 3.63) is 35.4 Å². The summed E-state index contributed by atoms with van der Waals surface area (Å²) in [5.41, 5.74) is 8.58. The van der Waals surface area contributed by atoms with E-state index in [1.165, 1.54) is 18.9 Å².